The van der Waals surface area contributed by atoms with E-state index in [2.05, 4.69) is 409 Å². The van der Waals surface area contributed by atoms with Crippen molar-refractivity contribution in [3.05, 3.63) is 362 Å². The van der Waals surface area contributed by atoms with Crippen LogP contribution in [0.5, 0.6) is 0 Å². The van der Waals surface area contributed by atoms with Crippen LogP contribution >= 0.6 is 0 Å². The molecule has 100 heavy (non-hydrogen) atoms. The summed E-state index contributed by atoms with van der Waals surface area (Å²) in [6.45, 7) is 18.4. The van der Waals surface area contributed by atoms with Crippen molar-refractivity contribution in [1.82, 2.24) is 4.57 Å². The molecule has 6 heteroatoms. The molecule has 2 aliphatic heterocycles. The van der Waals surface area contributed by atoms with Crippen molar-refractivity contribution >= 4 is 137 Å². The zero-order valence-electron chi connectivity index (χ0n) is 58.3. The quantitative estimate of drug-likeness (QED) is 0.0892. The maximum Gasteiger partial charge on any atom is 0.252 e. The molecule has 15 aromatic rings. The van der Waals surface area contributed by atoms with E-state index in [1.165, 1.54) is 124 Å². The van der Waals surface area contributed by atoms with E-state index in [1.54, 1.807) is 0 Å². The highest BCUT2D eigenvalue weighted by Gasteiger charge is 2.48. The molecule has 2 aliphatic rings. The summed E-state index contributed by atoms with van der Waals surface area (Å²) in [4.78, 5) is 5.28. The van der Waals surface area contributed by atoms with Crippen LogP contribution in [0, 0.1) is 13.8 Å². The van der Waals surface area contributed by atoms with Gasteiger partial charge in [0.15, 0.2) is 16.1 Å². The minimum Gasteiger partial charge on any atom is -0.311 e. The molecule has 1 aromatic heterocycles. The van der Waals surface area contributed by atoms with Crippen LogP contribution in [0.3, 0.4) is 0 Å². The Morgan fingerprint density at radius 1 is 0.270 bits per heavy atom. The highest BCUT2D eigenvalue weighted by Crippen LogP contribution is 2.48. The molecule has 0 unspecified atom stereocenters. The van der Waals surface area contributed by atoms with E-state index >= 15 is 0 Å². The normalized spacial score (nSPS) is 12.9. The third-order valence-corrected chi connectivity index (χ3v) is 31.2. The lowest BCUT2D eigenvalue weighted by Gasteiger charge is -2.45. The Balaban J connectivity index is 1.00. The molecule has 0 amide bonds. The van der Waals surface area contributed by atoms with Gasteiger partial charge in [-0.3, -0.25) is 0 Å². The molecule has 0 saturated heterocycles. The molecule has 0 spiro atoms. The molecule has 482 valence electrons. The second kappa shape index (κ2) is 24.5. The van der Waals surface area contributed by atoms with Crippen molar-refractivity contribution in [3.8, 4) is 16.8 Å². The number of hydrogen-bond donors (Lipinski definition) is 0. The Hall–Kier alpha value is -11.0. The highest BCUT2D eigenvalue weighted by molar-refractivity contribution is 7.20. The molecule has 14 aromatic carbocycles. The van der Waals surface area contributed by atoms with E-state index in [-0.39, 0.29) is 17.5 Å². The highest BCUT2D eigenvalue weighted by atomic mass is 28.3. The number of nitrogens with zero attached hydrogens (tertiary/aromatic N) is 3. The summed E-state index contributed by atoms with van der Waals surface area (Å²) in [5, 5.41) is 13.3. The zero-order valence-corrected chi connectivity index (χ0v) is 60.3. The third-order valence-electron chi connectivity index (χ3n) is 21.6. The van der Waals surface area contributed by atoms with Gasteiger partial charge in [0, 0.05) is 44.9 Å². The van der Waals surface area contributed by atoms with Gasteiger partial charge in [0.1, 0.15) is 0 Å². The van der Waals surface area contributed by atoms with E-state index in [0.717, 1.165) is 28.4 Å². The monoisotopic (exact) mass is 1320 g/mol. The smallest absolute Gasteiger partial charge is 0.252 e. The van der Waals surface area contributed by atoms with Crippen LogP contribution in [0.2, 0.25) is 0 Å². The van der Waals surface area contributed by atoms with Crippen molar-refractivity contribution in [2.24, 2.45) is 0 Å². The molecule has 0 fully saturated rings. The predicted molar refractivity (Wildman–Crippen MR) is 434 cm³/mol. The molecule has 0 N–H and O–H groups in total. The van der Waals surface area contributed by atoms with Crippen molar-refractivity contribution in [3.63, 3.8) is 0 Å². The van der Waals surface area contributed by atoms with Crippen molar-refractivity contribution in [2.75, 3.05) is 9.80 Å². The average Bonchev–Trinajstić information content (AvgIpc) is 0.787. The molecule has 3 nitrogen and oxygen atoms in total. The number of fused-ring (bicyclic) bond motifs is 7. The van der Waals surface area contributed by atoms with Crippen LogP contribution in [0.4, 0.5) is 34.1 Å². The number of hydrogen-bond acceptors (Lipinski definition) is 2. The maximum atomic E-state index is 2.67. The van der Waals surface area contributed by atoms with Crippen LogP contribution in [-0.2, 0) is 10.8 Å². The minimum absolute atomic E-state index is 0.0614. The summed E-state index contributed by atoms with van der Waals surface area (Å²) in [7, 11) is -5.98. The number of rotatable bonds is 12. The van der Waals surface area contributed by atoms with Gasteiger partial charge in [0.05, 0.1) is 16.7 Å². The van der Waals surface area contributed by atoms with Crippen LogP contribution in [-0.4, -0.2) is 27.4 Å². The van der Waals surface area contributed by atoms with Crippen LogP contribution in [0.15, 0.2) is 340 Å². The number of aromatic nitrogens is 1. The van der Waals surface area contributed by atoms with Gasteiger partial charge in [-0.15, -0.1) is 0 Å². The Bertz CT molecular complexity index is 5310. The minimum atomic E-state index is -3.07. The van der Waals surface area contributed by atoms with E-state index in [4.69, 9.17) is 0 Å². The lowest BCUT2D eigenvalue weighted by molar-refractivity contribution is 0.590. The first kappa shape index (κ1) is 62.5. The summed E-state index contributed by atoms with van der Waals surface area (Å²) in [5.74, 6) is 0. The first-order valence-electron chi connectivity index (χ1n) is 35.4. The van der Waals surface area contributed by atoms with Crippen molar-refractivity contribution in [2.45, 2.75) is 66.2 Å². The summed E-state index contributed by atoms with van der Waals surface area (Å²) in [6.07, 6.45) is 0. The van der Waals surface area contributed by atoms with Gasteiger partial charge in [-0.2, -0.15) is 0 Å². The van der Waals surface area contributed by atoms with Gasteiger partial charge in [0.25, 0.3) is 6.71 Å². The van der Waals surface area contributed by atoms with E-state index in [0.29, 0.717) is 0 Å². The topological polar surface area (TPSA) is 11.4 Å². The molecular formula is C94H80BN3Si2. The van der Waals surface area contributed by atoms with E-state index in [1.807, 2.05) is 0 Å². The standard InChI is InChI=1S/C94H80BN3Si2/c1-65-44-52-88-84(58-65)95-85-64-81(100(77-38-24-13-25-39-77,78-40-26-14-27-41-78)79-42-28-15-29-43-79)51-55-89(85)98(72-57-66(2)56-68(59-72)67-30-16-9-17-31-67)91-63-73(97-86-53-45-69(93(3,4)5)60-82(86)83-61-70(94(6,7)8)46-54-87(83)97)62-90(92(91)95)96(88)71-47-49-80(50-48-71)99(74-32-18-10-19-33-74,75-34-20-11-21-35-75)76-36-22-12-23-37-76/h9-64H,1-8H3. The lowest BCUT2D eigenvalue weighted by Crippen LogP contribution is -2.75. The van der Waals surface area contributed by atoms with Crippen molar-refractivity contribution in [1.29, 1.82) is 0 Å². The van der Waals surface area contributed by atoms with Crippen LogP contribution in [0.1, 0.15) is 63.8 Å². The Morgan fingerprint density at radius 2 is 0.650 bits per heavy atom. The van der Waals surface area contributed by atoms with E-state index in [9.17, 15) is 0 Å². The van der Waals surface area contributed by atoms with Gasteiger partial charge in [-0.25, -0.2) is 0 Å². The number of benzene rings is 14. The van der Waals surface area contributed by atoms with Gasteiger partial charge >= 0.3 is 0 Å². The fraction of sp³-hybridized carbons (Fsp3) is 0.106. The van der Waals surface area contributed by atoms with Gasteiger partial charge in [-0.05, 0) is 183 Å². The molecule has 0 bridgehead atoms. The Labute approximate surface area is 592 Å². The maximum absolute atomic E-state index is 3.07. The lowest BCUT2D eigenvalue weighted by atomic mass is 9.33. The fourth-order valence-electron chi connectivity index (χ4n) is 16.9. The fourth-order valence-corrected chi connectivity index (χ4v) is 26.5. The summed E-state index contributed by atoms with van der Waals surface area (Å²) >= 11 is 0. The van der Waals surface area contributed by atoms with E-state index < -0.39 is 16.1 Å². The Morgan fingerprint density at radius 3 is 1.09 bits per heavy atom. The molecule has 0 atom stereocenters. The number of anilines is 6. The van der Waals surface area contributed by atoms with Crippen LogP contribution < -0.4 is 67.7 Å². The summed E-state index contributed by atoms with van der Waals surface area (Å²) < 4.78 is 2.59. The summed E-state index contributed by atoms with van der Waals surface area (Å²) in [5.41, 5.74) is 21.5. The Kier molecular flexibility index (Phi) is 15.3. The summed E-state index contributed by atoms with van der Waals surface area (Å²) in [6, 6.07) is 131. The SMILES string of the molecule is Cc1cc(-c2ccccc2)cc(N2c3ccc([Si](c4ccccc4)(c4ccccc4)c4ccccc4)cc3B3c4cc(C)ccc4N(c4ccc([Si](c5ccccc5)(c5ccccc5)c5ccccc5)cc4)c4cc(-n5c6ccc(C(C)(C)C)cc6c6cc(C(C)(C)C)ccc65)cc2c43)c1. The zero-order chi connectivity index (χ0) is 68.1. The van der Waals surface area contributed by atoms with Crippen molar-refractivity contribution < 1.29 is 0 Å². The average molecular weight is 1320 g/mol. The van der Waals surface area contributed by atoms with Crippen LogP contribution in [0.25, 0.3) is 38.6 Å². The first-order chi connectivity index (χ1) is 48.7. The predicted octanol–water partition coefficient (Wildman–Crippen LogP) is 16.5. The molecular weight excluding hydrogens is 1240 g/mol. The van der Waals surface area contributed by atoms with Gasteiger partial charge in [0.2, 0.25) is 0 Å². The number of aryl methyl sites for hydroxylation is 2. The molecule has 0 radical (unpaired) electrons. The largest absolute Gasteiger partial charge is 0.311 e. The first-order valence-corrected chi connectivity index (χ1v) is 39.4. The second-order valence-corrected chi connectivity index (χ2v) is 37.4. The third kappa shape index (κ3) is 10.2. The van der Waals surface area contributed by atoms with Gasteiger partial charge in [-0.1, -0.05) is 314 Å². The molecule has 17 rings (SSSR count). The molecule has 0 saturated carbocycles. The molecule has 0 aliphatic carbocycles. The van der Waals surface area contributed by atoms with Gasteiger partial charge < -0.3 is 14.4 Å². The molecule has 3 heterocycles. The second-order valence-electron chi connectivity index (χ2n) is 29.8.